The molecule has 1 aromatic rings. The molecule has 2 rings (SSSR count). The second kappa shape index (κ2) is 6.90. The highest BCUT2D eigenvalue weighted by atomic mass is 16.4. The zero-order valence-corrected chi connectivity index (χ0v) is 11.5. The van der Waals surface area contributed by atoms with Crippen LogP contribution >= 0.6 is 0 Å². The van der Waals surface area contributed by atoms with Gasteiger partial charge in [-0.15, -0.1) is 0 Å². The number of carbonyl (C=O) groups is 2. The Labute approximate surface area is 122 Å². The van der Waals surface area contributed by atoms with Crippen LogP contribution in [0.3, 0.4) is 0 Å². The van der Waals surface area contributed by atoms with Crippen LogP contribution in [0.5, 0.6) is 0 Å². The van der Waals surface area contributed by atoms with Crippen molar-refractivity contribution in [3.8, 4) is 0 Å². The summed E-state index contributed by atoms with van der Waals surface area (Å²) >= 11 is 0. The first-order valence-corrected chi connectivity index (χ1v) is 6.79. The largest absolute Gasteiger partial charge is 0.478 e. The first-order chi connectivity index (χ1) is 10.1. The van der Waals surface area contributed by atoms with E-state index in [2.05, 4.69) is 5.32 Å². The van der Waals surface area contributed by atoms with E-state index in [1.807, 2.05) is 0 Å². The third-order valence-electron chi connectivity index (χ3n) is 3.43. The van der Waals surface area contributed by atoms with Gasteiger partial charge in [0.1, 0.15) is 0 Å². The fourth-order valence-corrected chi connectivity index (χ4v) is 2.33. The maximum Gasteiger partial charge on any atom is 0.328 e. The van der Waals surface area contributed by atoms with Crippen molar-refractivity contribution in [2.45, 2.75) is 18.9 Å². The second-order valence-corrected chi connectivity index (χ2v) is 4.90. The summed E-state index contributed by atoms with van der Waals surface area (Å²) in [6.07, 6.45) is 4.26. The molecule has 21 heavy (non-hydrogen) atoms. The van der Waals surface area contributed by atoms with E-state index in [-0.39, 0.29) is 18.7 Å². The molecule has 1 aliphatic rings. The molecule has 0 aliphatic carbocycles. The lowest BCUT2D eigenvalue weighted by molar-refractivity contribution is -0.131. The zero-order chi connectivity index (χ0) is 15.2. The standard InChI is InChI=1S/C15H18N2O4/c18-10-13-2-1-9-17(13)15(21)16-12-6-3-11(4-7-12)5-8-14(19)20/h3-8,13,18H,1-2,9-10H2,(H,16,21)(H,19,20). The Bertz CT molecular complexity index is 539. The molecule has 2 amide bonds. The van der Waals surface area contributed by atoms with Gasteiger partial charge in [-0.25, -0.2) is 9.59 Å². The topological polar surface area (TPSA) is 89.9 Å². The van der Waals surface area contributed by atoms with Gasteiger partial charge in [-0.1, -0.05) is 12.1 Å². The van der Waals surface area contributed by atoms with Gasteiger partial charge >= 0.3 is 12.0 Å². The van der Waals surface area contributed by atoms with Crippen LogP contribution in [0.1, 0.15) is 18.4 Å². The van der Waals surface area contributed by atoms with Gasteiger partial charge in [-0.2, -0.15) is 0 Å². The number of carbonyl (C=O) groups excluding carboxylic acids is 1. The number of likely N-dealkylation sites (tertiary alicyclic amines) is 1. The number of anilines is 1. The summed E-state index contributed by atoms with van der Waals surface area (Å²) in [6, 6.07) is 6.54. The number of amides is 2. The van der Waals surface area contributed by atoms with Crippen molar-refractivity contribution < 1.29 is 19.8 Å². The molecule has 0 spiro atoms. The van der Waals surface area contributed by atoms with Crippen molar-refractivity contribution in [2.24, 2.45) is 0 Å². The molecule has 1 heterocycles. The number of nitrogens with one attached hydrogen (secondary N) is 1. The average Bonchev–Trinajstić information content (AvgIpc) is 2.95. The van der Waals surface area contributed by atoms with E-state index >= 15 is 0 Å². The Morgan fingerprint density at radius 1 is 1.33 bits per heavy atom. The number of hydrogen-bond donors (Lipinski definition) is 3. The molecule has 1 atom stereocenters. The van der Waals surface area contributed by atoms with Gasteiger partial charge in [0.2, 0.25) is 0 Å². The highest BCUT2D eigenvalue weighted by Gasteiger charge is 2.27. The van der Waals surface area contributed by atoms with E-state index in [9.17, 15) is 14.7 Å². The summed E-state index contributed by atoms with van der Waals surface area (Å²) in [4.78, 5) is 24.2. The van der Waals surface area contributed by atoms with Crippen LogP contribution in [0.2, 0.25) is 0 Å². The van der Waals surface area contributed by atoms with Crippen LogP contribution in [-0.2, 0) is 4.79 Å². The summed E-state index contributed by atoms with van der Waals surface area (Å²) < 4.78 is 0. The Hall–Kier alpha value is -2.34. The van der Waals surface area contributed by atoms with E-state index < -0.39 is 5.97 Å². The monoisotopic (exact) mass is 290 g/mol. The van der Waals surface area contributed by atoms with Crippen LogP contribution in [-0.4, -0.2) is 46.3 Å². The number of carboxylic acids is 1. The molecule has 1 aromatic carbocycles. The molecule has 0 bridgehead atoms. The third-order valence-corrected chi connectivity index (χ3v) is 3.43. The van der Waals surface area contributed by atoms with Gasteiger partial charge in [-0.05, 0) is 36.6 Å². The van der Waals surface area contributed by atoms with Gasteiger partial charge in [0.25, 0.3) is 0 Å². The SMILES string of the molecule is O=C(O)C=Cc1ccc(NC(=O)N2CCCC2CO)cc1. The van der Waals surface area contributed by atoms with Crippen molar-refractivity contribution in [1.29, 1.82) is 0 Å². The number of nitrogens with zero attached hydrogens (tertiary/aromatic N) is 1. The highest BCUT2D eigenvalue weighted by Crippen LogP contribution is 2.19. The summed E-state index contributed by atoms with van der Waals surface area (Å²) in [6.45, 7) is 0.628. The van der Waals surface area contributed by atoms with Crippen molar-refractivity contribution in [2.75, 3.05) is 18.5 Å². The molecule has 1 saturated heterocycles. The maximum absolute atomic E-state index is 12.1. The molecule has 0 saturated carbocycles. The molecular formula is C15H18N2O4. The number of urea groups is 1. The van der Waals surface area contributed by atoms with Gasteiger partial charge in [0.05, 0.1) is 12.6 Å². The third kappa shape index (κ3) is 4.06. The molecule has 3 N–H and O–H groups in total. The molecule has 0 aromatic heterocycles. The minimum atomic E-state index is -1.00. The lowest BCUT2D eigenvalue weighted by Crippen LogP contribution is -2.40. The van der Waals surface area contributed by atoms with E-state index in [4.69, 9.17) is 5.11 Å². The van der Waals surface area contributed by atoms with E-state index in [0.29, 0.717) is 12.2 Å². The number of hydrogen-bond acceptors (Lipinski definition) is 3. The van der Waals surface area contributed by atoms with Gasteiger partial charge in [-0.3, -0.25) is 0 Å². The molecule has 1 unspecified atom stereocenters. The molecule has 1 fully saturated rings. The molecule has 6 heteroatoms. The Balaban J connectivity index is 1.97. The highest BCUT2D eigenvalue weighted by molar-refractivity contribution is 5.90. The van der Waals surface area contributed by atoms with Crippen molar-refractivity contribution in [3.63, 3.8) is 0 Å². The molecular weight excluding hydrogens is 272 g/mol. The number of aliphatic carboxylic acids is 1. The minimum Gasteiger partial charge on any atom is -0.478 e. The predicted octanol–water partition coefficient (Wildman–Crippen LogP) is 1.77. The molecule has 1 aliphatic heterocycles. The summed E-state index contributed by atoms with van der Waals surface area (Å²) in [5.74, 6) is -1.00. The molecule has 6 nitrogen and oxygen atoms in total. The Morgan fingerprint density at radius 3 is 2.67 bits per heavy atom. The van der Waals surface area contributed by atoms with Crippen molar-refractivity contribution in [3.05, 3.63) is 35.9 Å². The molecule has 112 valence electrons. The number of rotatable bonds is 4. The van der Waals surface area contributed by atoms with Crippen LogP contribution in [0.25, 0.3) is 6.08 Å². The lowest BCUT2D eigenvalue weighted by Gasteiger charge is -2.23. The Morgan fingerprint density at radius 2 is 2.05 bits per heavy atom. The maximum atomic E-state index is 12.1. The fraction of sp³-hybridized carbons (Fsp3) is 0.333. The lowest BCUT2D eigenvalue weighted by atomic mass is 10.2. The van der Waals surface area contributed by atoms with Gasteiger partial charge < -0.3 is 20.4 Å². The number of benzene rings is 1. The van der Waals surface area contributed by atoms with Crippen LogP contribution < -0.4 is 5.32 Å². The normalized spacial score (nSPS) is 18.1. The average molecular weight is 290 g/mol. The second-order valence-electron chi connectivity index (χ2n) is 4.90. The first-order valence-electron chi connectivity index (χ1n) is 6.79. The van der Waals surface area contributed by atoms with Gasteiger partial charge in [0, 0.05) is 18.3 Å². The number of carboxylic acid groups (broad SMARTS) is 1. The van der Waals surface area contributed by atoms with Crippen molar-refractivity contribution in [1.82, 2.24) is 4.90 Å². The number of aliphatic hydroxyl groups excluding tert-OH is 1. The minimum absolute atomic E-state index is 0.0215. The van der Waals surface area contributed by atoms with Gasteiger partial charge in [0.15, 0.2) is 0 Å². The fourth-order valence-electron chi connectivity index (χ4n) is 2.33. The zero-order valence-electron chi connectivity index (χ0n) is 11.5. The van der Waals surface area contributed by atoms with E-state index in [0.717, 1.165) is 24.5 Å². The van der Waals surface area contributed by atoms with Crippen molar-refractivity contribution >= 4 is 23.8 Å². The van der Waals surface area contributed by atoms with Crippen LogP contribution in [0, 0.1) is 0 Å². The Kier molecular flexibility index (Phi) is 4.94. The number of aliphatic hydroxyl groups is 1. The summed E-state index contributed by atoms with van der Waals surface area (Å²) in [7, 11) is 0. The smallest absolute Gasteiger partial charge is 0.328 e. The summed E-state index contributed by atoms with van der Waals surface area (Å²) in [5.41, 5.74) is 1.38. The first kappa shape index (κ1) is 15.1. The summed E-state index contributed by atoms with van der Waals surface area (Å²) in [5, 5.41) is 20.5. The quantitative estimate of drug-likeness (QED) is 0.737. The predicted molar refractivity (Wildman–Crippen MR) is 78.9 cm³/mol. The molecule has 0 radical (unpaired) electrons. The van der Waals surface area contributed by atoms with E-state index in [1.54, 1.807) is 29.2 Å². The van der Waals surface area contributed by atoms with Crippen LogP contribution in [0.4, 0.5) is 10.5 Å². The van der Waals surface area contributed by atoms with E-state index in [1.165, 1.54) is 6.08 Å². The van der Waals surface area contributed by atoms with Crippen LogP contribution in [0.15, 0.2) is 30.3 Å².